The van der Waals surface area contributed by atoms with Gasteiger partial charge in [-0.1, -0.05) is 11.6 Å². The molecule has 4 atom stereocenters. The predicted molar refractivity (Wildman–Crippen MR) is 86.6 cm³/mol. The van der Waals surface area contributed by atoms with E-state index < -0.39 is 29.6 Å². The van der Waals surface area contributed by atoms with E-state index in [0.717, 1.165) is 23.4 Å². The first kappa shape index (κ1) is 16.4. The number of fused-ring (bicyclic) bond motifs is 5. The van der Waals surface area contributed by atoms with Gasteiger partial charge < -0.3 is 9.47 Å². The number of ether oxygens (including phenoxy) is 2. The van der Waals surface area contributed by atoms with E-state index in [1.54, 1.807) is 18.2 Å². The SMILES string of the molecule is Cc1cc(OCC(=O)NN2C(=O)[C@@H]3[C@H](C2=O)[C@@H]2CC[C@H]3O2)ccc1Cl. The number of hydrogen-bond acceptors (Lipinski definition) is 5. The van der Waals surface area contributed by atoms with Gasteiger partial charge in [0.25, 0.3) is 17.7 Å². The second-order valence-corrected chi connectivity index (χ2v) is 7.00. The lowest BCUT2D eigenvalue weighted by Gasteiger charge is -2.18. The minimum absolute atomic E-state index is 0.207. The van der Waals surface area contributed by atoms with Crippen molar-refractivity contribution in [1.82, 2.24) is 10.4 Å². The molecule has 0 saturated carbocycles. The summed E-state index contributed by atoms with van der Waals surface area (Å²) in [5, 5.41) is 1.44. The summed E-state index contributed by atoms with van der Waals surface area (Å²) < 4.78 is 11.0. The summed E-state index contributed by atoms with van der Waals surface area (Å²) in [6, 6.07) is 5.03. The number of rotatable bonds is 4. The molecule has 3 saturated heterocycles. The Hall–Kier alpha value is -2.12. The van der Waals surface area contributed by atoms with Crippen LogP contribution >= 0.6 is 11.6 Å². The van der Waals surface area contributed by atoms with Crippen LogP contribution in [0.5, 0.6) is 5.75 Å². The molecule has 0 spiro atoms. The number of carbonyl (C=O) groups is 3. The first-order valence-corrected chi connectivity index (χ1v) is 8.55. The third-order valence-corrected chi connectivity index (χ3v) is 5.44. The highest BCUT2D eigenvalue weighted by atomic mass is 35.5. The molecule has 132 valence electrons. The molecule has 3 heterocycles. The minimum Gasteiger partial charge on any atom is -0.484 e. The fraction of sp³-hybridized carbons (Fsp3) is 0.471. The maximum absolute atomic E-state index is 12.4. The van der Waals surface area contributed by atoms with Crippen molar-refractivity contribution in [2.24, 2.45) is 11.8 Å². The van der Waals surface area contributed by atoms with Gasteiger partial charge in [0.2, 0.25) is 0 Å². The van der Waals surface area contributed by atoms with Crippen LogP contribution in [0, 0.1) is 18.8 Å². The maximum Gasteiger partial charge on any atom is 0.276 e. The lowest BCUT2D eigenvalue weighted by Crippen LogP contribution is -2.49. The molecule has 1 aromatic rings. The zero-order valence-corrected chi connectivity index (χ0v) is 14.3. The predicted octanol–water partition coefficient (Wildman–Crippen LogP) is 1.22. The van der Waals surface area contributed by atoms with Crippen LogP contribution < -0.4 is 10.2 Å². The van der Waals surface area contributed by atoms with Crippen LogP contribution in [0.25, 0.3) is 0 Å². The molecule has 0 unspecified atom stereocenters. The third-order valence-electron chi connectivity index (χ3n) is 5.02. The van der Waals surface area contributed by atoms with E-state index in [1.807, 2.05) is 6.92 Å². The Morgan fingerprint density at radius 1 is 1.28 bits per heavy atom. The van der Waals surface area contributed by atoms with Gasteiger partial charge in [0, 0.05) is 5.02 Å². The number of benzene rings is 1. The number of halogens is 1. The van der Waals surface area contributed by atoms with Gasteiger partial charge in [-0.2, -0.15) is 5.01 Å². The van der Waals surface area contributed by atoms with Crippen LogP contribution in [0.1, 0.15) is 18.4 Å². The lowest BCUT2D eigenvalue weighted by molar-refractivity contribution is -0.151. The van der Waals surface area contributed by atoms with Crippen molar-refractivity contribution in [2.45, 2.75) is 32.0 Å². The van der Waals surface area contributed by atoms with Crippen LogP contribution in [0.4, 0.5) is 0 Å². The average Bonchev–Trinajstić information content (AvgIpc) is 3.26. The van der Waals surface area contributed by atoms with Crippen molar-refractivity contribution < 1.29 is 23.9 Å². The highest BCUT2D eigenvalue weighted by Gasteiger charge is 2.62. The number of hydrazine groups is 1. The molecule has 2 bridgehead atoms. The van der Waals surface area contributed by atoms with E-state index in [-0.39, 0.29) is 18.8 Å². The zero-order chi connectivity index (χ0) is 17.7. The molecule has 4 rings (SSSR count). The van der Waals surface area contributed by atoms with Crippen molar-refractivity contribution in [3.05, 3.63) is 28.8 Å². The summed E-state index contributed by atoms with van der Waals surface area (Å²) in [4.78, 5) is 36.9. The Labute approximate surface area is 149 Å². The fourth-order valence-corrected chi connectivity index (χ4v) is 3.95. The Kier molecular flexibility index (Phi) is 3.92. The monoisotopic (exact) mass is 364 g/mol. The Morgan fingerprint density at radius 2 is 1.92 bits per heavy atom. The van der Waals surface area contributed by atoms with Crippen molar-refractivity contribution in [2.75, 3.05) is 6.61 Å². The van der Waals surface area contributed by atoms with Crippen molar-refractivity contribution >= 4 is 29.3 Å². The van der Waals surface area contributed by atoms with Crippen LogP contribution in [0.15, 0.2) is 18.2 Å². The lowest BCUT2D eigenvalue weighted by atomic mass is 9.81. The van der Waals surface area contributed by atoms with Gasteiger partial charge in [-0.15, -0.1) is 0 Å². The molecule has 1 aromatic carbocycles. The highest BCUT2D eigenvalue weighted by molar-refractivity contribution is 6.31. The van der Waals surface area contributed by atoms with Gasteiger partial charge in [-0.05, 0) is 43.5 Å². The van der Waals surface area contributed by atoms with Gasteiger partial charge in [0.05, 0.1) is 24.0 Å². The normalized spacial score (nSPS) is 29.9. The first-order chi connectivity index (χ1) is 12.0. The summed E-state index contributed by atoms with van der Waals surface area (Å²) in [6.07, 6.45) is 1.15. The summed E-state index contributed by atoms with van der Waals surface area (Å²) in [6.45, 7) is 1.52. The largest absolute Gasteiger partial charge is 0.484 e. The Morgan fingerprint density at radius 3 is 2.52 bits per heavy atom. The van der Waals surface area contributed by atoms with Crippen LogP contribution in [0.3, 0.4) is 0 Å². The van der Waals surface area contributed by atoms with E-state index in [4.69, 9.17) is 21.1 Å². The van der Waals surface area contributed by atoms with E-state index in [2.05, 4.69) is 5.43 Å². The third kappa shape index (κ3) is 2.67. The molecule has 3 aliphatic heterocycles. The molecule has 3 fully saturated rings. The fourth-order valence-electron chi connectivity index (χ4n) is 3.84. The van der Waals surface area contributed by atoms with E-state index >= 15 is 0 Å². The summed E-state index contributed by atoms with van der Waals surface area (Å²) in [5.74, 6) is -1.80. The molecular weight excluding hydrogens is 348 g/mol. The number of aryl methyl sites for hydroxylation is 1. The molecule has 25 heavy (non-hydrogen) atoms. The van der Waals surface area contributed by atoms with Gasteiger partial charge in [-0.25, -0.2) is 0 Å². The van der Waals surface area contributed by atoms with Crippen molar-refractivity contribution in [3.8, 4) is 5.75 Å². The Balaban J connectivity index is 1.37. The van der Waals surface area contributed by atoms with Crippen LogP contribution in [0.2, 0.25) is 5.02 Å². The van der Waals surface area contributed by atoms with E-state index in [1.165, 1.54) is 0 Å². The highest BCUT2D eigenvalue weighted by Crippen LogP contribution is 2.47. The zero-order valence-electron chi connectivity index (χ0n) is 13.5. The van der Waals surface area contributed by atoms with Crippen molar-refractivity contribution in [1.29, 1.82) is 0 Å². The smallest absolute Gasteiger partial charge is 0.276 e. The molecule has 8 heteroatoms. The number of imide groups is 1. The molecule has 7 nitrogen and oxygen atoms in total. The molecule has 1 N–H and O–H groups in total. The number of carbonyl (C=O) groups excluding carboxylic acids is 3. The van der Waals surface area contributed by atoms with Gasteiger partial charge in [0.1, 0.15) is 5.75 Å². The quantitative estimate of drug-likeness (QED) is 0.812. The van der Waals surface area contributed by atoms with Crippen LogP contribution in [-0.2, 0) is 19.1 Å². The second-order valence-electron chi connectivity index (χ2n) is 6.59. The van der Waals surface area contributed by atoms with E-state index in [9.17, 15) is 14.4 Å². The molecule has 0 aliphatic carbocycles. The second kappa shape index (κ2) is 6.00. The number of nitrogens with one attached hydrogen (secondary N) is 1. The molecule has 0 aromatic heterocycles. The van der Waals surface area contributed by atoms with Crippen molar-refractivity contribution in [3.63, 3.8) is 0 Å². The first-order valence-electron chi connectivity index (χ1n) is 8.17. The molecular formula is C17H17ClN2O5. The van der Waals surface area contributed by atoms with Crippen LogP contribution in [-0.4, -0.2) is 41.5 Å². The van der Waals surface area contributed by atoms with Gasteiger partial charge in [-0.3, -0.25) is 19.8 Å². The van der Waals surface area contributed by atoms with Gasteiger partial charge >= 0.3 is 0 Å². The number of hydrogen-bond donors (Lipinski definition) is 1. The number of amides is 3. The molecule has 0 radical (unpaired) electrons. The topological polar surface area (TPSA) is 84.9 Å². The maximum atomic E-state index is 12.4. The standard InChI is InChI=1S/C17H17ClN2O5/c1-8-6-9(2-3-10(8)18)24-7-13(21)19-20-16(22)14-11-4-5-12(25-11)15(14)17(20)23/h2-3,6,11-12,14-15H,4-5,7H2,1H3,(H,19,21)/t11-,12+,14+,15-. The Bertz CT molecular complexity index is 739. The summed E-state index contributed by atoms with van der Waals surface area (Å²) in [5.41, 5.74) is 3.19. The molecule has 3 aliphatic rings. The number of nitrogens with zero attached hydrogens (tertiary/aromatic N) is 1. The van der Waals surface area contributed by atoms with E-state index in [0.29, 0.717) is 10.8 Å². The molecule has 3 amide bonds. The average molecular weight is 365 g/mol. The van der Waals surface area contributed by atoms with Gasteiger partial charge in [0.15, 0.2) is 6.61 Å². The summed E-state index contributed by atoms with van der Waals surface area (Å²) >= 11 is 5.94. The summed E-state index contributed by atoms with van der Waals surface area (Å²) in [7, 11) is 0. The minimum atomic E-state index is -0.567.